The maximum atomic E-state index is 11.8. The summed E-state index contributed by atoms with van der Waals surface area (Å²) in [5, 5.41) is 12.1. The number of aromatic hydroxyl groups is 1. The average molecular weight is 242 g/mol. The van der Waals surface area contributed by atoms with Gasteiger partial charge in [-0.2, -0.15) is 0 Å². The maximum absolute atomic E-state index is 11.8. The molecular formula is C14H14N2O2. The molecular weight excluding hydrogens is 228 g/mol. The summed E-state index contributed by atoms with van der Waals surface area (Å²) in [6, 6.07) is 10.3. The third-order valence-electron chi connectivity index (χ3n) is 2.56. The minimum absolute atomic E-state index is 0.128. The van der Waals surface area contributed by atoms with Crippen LogP contribution in [0.3, 0.4) is 0 Å². The third-order valence-corrected chi connectivity index (χ3v) is 2.56. The van der Waals surface area contributed by atoms with E-state index in [1.165, 1.54) is 0 Å². The summed E-state index contributed by atoms with van der Waals surface area (Å²) in [7, 11) is 0. The molecule has 0 spiro atoms. The number of phenolic OH excluding ortho intramolecular Hbond substituents is 1. The van der Waals surface area contributed by atoms with E-state index in [1.54, 1.807) is 36.5 Å². The van der Waals surface area contributed by atoms with Crippen molar-refractivity contribution < 1.29 is 9.90 Å². The molecule has 1 aromatic heterocycles. The van der Waals surface area contributed by atoms with Crippen LogP contribution in [-0.4, -0.2) is 16.0 Å². The van der Waals surface area contributed by atoms with Gasteiger partial charge in [0.05, 0.1) is 17.8 Å². The van der Waals surface area contributed by atoms with Crippen LogP contribution < -0.4 is 5.32 Å². The summed E-state index contributed by atoms with van der Waals surface area (Å²) in [6.45, 7) is 1.84. The standard InChI is InChI=1S/C14H14N2O2/c1-10-13(6-3-7-15-10)16-14(18)9-11-4-2-5-12(17)8-11/h2-8,17H,9H2,1H3,(H,16,18). The van der Waals surface area contributed by atoms with Crippen LogP contribution >= 0.6 is 0 Å². The molecule has 0 saturated heterocycles. The Morgan fingerprint density at radius 1 is 1.33 bits per heavy atom. The summed E-state index contributed by atoms with van der Waals surface area (Å²) in [6.07, 6.45) is 1.91. The van der Waals surface area contributed by atoms with Crippen molar-refractivity contribution in [1.82, 2.24) is 4.98 Å². The van der Waals surface area contributed by atoms with E-state index in [0.29, 0.717) is 5.69 Å². The van der Waals surface area contributed by atoms with Crippen LogP contribution in [0.15, 0.2) is 42.6 Å². The molecule has 1 heterocycles. The van der Waals surface area contributed by atoms with Gasteiger partial charge < -0.3 is 10.4 Å². The van der Waals surface area contributed by atoms with Crippen LogP contribution in [0.25, 0.3) is 0 Å². The van der Waals surface area contributed by atoms with Gasteiger partial charge in [-0.1, -0.05) is 12.1 Å². The number of hydrogen-bond acceptors (Lipinski definition) is 3. The highest BCUT2D eigenvalue weighted by Gasteiger charge is 2.06. The summed E-state index contributed by atoms with van der Waals surface area (Å²) < 4.78 is 0. The average Bonchev–Trinajstić information content (AvgIpc) is 2.32. The molecule has 0 aliphatic heterocycles. The number of aromatic nitrogens is 1. The van der Waals surface area contributed by atoms with E-state index in [1.807, 2.05) is 13.0 Å². The van der Waals surface area contributed by atoms with E-state index in [0.717, 1.165) is 11.3 Å². The van der Waals surface area contributed by atoms with E-state index in [9.17, 15) is 9.90 Å². The van der Waals surface area contributed by atoms with Crippen LogP contribution in [0.2, 0.25) is 0 Å². The first kappa shape index (κ1) is 12.1. The molecule has 92 valence electrons. The number of nitrogens with zero attached hydrogens (tertiary/aromatic N) is 1. The van der Waals surface area contributed by atoms with Crippen molar-refractivity contribution in [3.63, 3.8) is 0 Å². The predicted molar refractivity (Wildman–Crippen MR) is 69.4 cm³/mol. The Morgan fingerprint density at radius 2 is 2.17 bits per heavy atom. The number of carbonyl (C=O) groups is 1. The Morgan fingerprint density at radius 3 is 2.89 bits per heavy atom. The summed E-state index contributed by atoms with van der Waals surface area (Å²) in [4.78, 5) is 15.9. The smallest absolute Gasteiger partial charge is 0.228 e. The summed E-state index contributed by atoms with van der Waals surface area (Å²) in [5.74, 6) is 0.0366. The largest absolute Gasteiger partial charge is 0.508 e. The van der Waals surface area contributed by atoms with E-state index >= 15 is 0 Å². The van der Waals surface area contributed by atoms with Crippen LogP contribution in [0.1, 0.15) is 11.3 Å². The number of anilines is 1. The quantitative estimate of drug-likeness (QED) is 0.868. The molecule has 1 aromatic carbocycles. The predicted octanol–water partition coefficient (Wildman–Crippen LogP) is 2.28. The molecule has 0 atom stereocenters. The van der Waals surface area contributed by atoms with E-state index in [4.69, 9.17) is 0 Å². The van der Waals surface area contributed by atoms with Crippen molar-refractivity contribution in [1.29, 1.82) is 0 Å². The van der Waals surface area contributed by atoms with Gasteiger partial charge in [-0.3, -0.25) is 9.78 Å². The molecule has 0 aliphatic rings. The van der Waals surface area contributed by atoms with Crippen molar-refractivity contribution in [3.8, 4) is 5.75 Å². The fourth-order valence-electron chi connectivity index (χ4n) is 1.66. The first-order valence-corrected chi connectivity index (χ1v) is 5.64. The number of hydrogen-bond donors (Lipinski definition) is 2. The fourth-order valence-corrected chi connectivity index (χ4v) is 1.66. The minimum atomic E-state index is -0.128. The zero-order valence-corrected chi connectivity index (χ0v) is 10.1. The molecule has 18 heavy (non-hydrogen) atoms. The zero-order chi connectivity index (χ0) is 13.0. The number of pyridine rings is 1. The van der Waals surface area contributed by atoms with E-state index < -0.39 is 0 Å². The lowest BCUT2D eigenvalue weighted by atomic mass is 10.1. The van der Waals surface area contributed by atoms with Gasteiger partial charge in [0.25, 0.3) is 0 Å². The highest BCUT2D eigenvalue weighted by molar-refractivity contribution is 5.92. The molecule has 2 aromatic rings. The number of benzene rings is 1. The molecule has 0 bridgehead atoms. The Labute approximate surface area is 105 Å². The van der Waals surface area contributed by atoms with Crippen LogP contribution in [0, 0.1) is 6.92 Å². The molecule has 4 heteroatoms. The van der Waals surface area contributed by atoms with Gasteiger partial charge in [-0.05, 0) is 36.8 Å². The molecule has 0 aliphatic carbocycles. The number of amides is 1. The summed E-state index contributed by atoms with van der Waals surface area (Å²) >= 11 is 0. The van der Waals surface area contributed by atoms with Crippen LogP contribution in [0.5, 0.6) is 5.75 Å². The Kier molecular flexibility index (Phi) is 3.57. The van der Waals surface area contributed by atoms with Crippen molar-refractivity contribution in [3.05, 3.63) is 53.9 Å². The summed E-state index contributed by atoms with van der Waals surface area (Å²) in [5.41, 5.74) is 2.26. The molecule has 0 radical (unpaired) electrons. The SMILES string of the molecule is Cc1ncccc1NC(=O)Cc1cccc(O)c1. The lowest BCUT2D eigenvalue weighted by molar-refractivity contribution is -0.115. The van der Waals surface area contributed by atoms with E-state index in [-0.39, 0.29) is 18.1 Å². The molecule has 2 rings (SSSR count). The molecule has 0 fully saturated rings. The normalized spacial score (nSPS) is 10.1. The lowest BCUT2D eigenvalue weighted by Crippen LogP contribution is -2.15. The Bertz CT molecular complexity index is 567. The second-order valence-corrected chi connectivity index (χ2v) is 4.03. The number of nitrogens with one attached hydrogen (secondary N) is 1. The second-order valence-electron chi connectivity index (χ2n) is 4.03. The maximum Gasteiger partial charge on any atom is 0.228 e. The number of rotatable bonds is 3. The minimum Gasteiger partial charge on any atom is -0.508 e. The molecule has 1 amide bonds. The number of aryl methyl sites for hydroxylation is 1. The van der Waals surface area contributed by atoms with Gasteiger partial charge >= 0.3 is 0 Å². The topological polar surface area (TPSA) is 62.2 Å². The first-order chi connectivity index (χ1) is 8.65. The highest BCUT2D eigenvalue weighted by Crippen LogP contribution is 2.14. The second kappa shape index (κ2) is 5.31. The van der Waals surface area contributed by atoms with Crippen molar-refractivity contribution in [2.24, 2.45) is 0 Å². The molecule has 2 N–H and O–H groups in total. The van der Waals surface area contributed by atoms with Gasteiger partial charge in [0, 0.05) is 6.20 Å². The fraction of sp³-hybridized carbons (Fsp3) is 0.143. The van der Waals surface area contributed by atoms with Crippen molar-refractivity contribution >= 4 is 11.6 Å². The third kappa shape index (κ3) is 3.07. The van der Waals surface area contributed by atoms with Crippen LogP contribution in [-0.2, 0) is 11.2 Å². The monoisotopic (exact) mass is 242 g/mol. The van der Waals surface area contributed by atoms with Gasteiger partial charge in [0.15, 0.2) is 0 Å². The van der Waals surface area contributed by atoms with Gasteiger partial charge in [0.1, 0.15) is 5.75 Å². The van der Waals surface area contributed by atoms with Gasteiger partial charge in [-0.15, -0.1) is 0 Å². The van der Waals surface area contributed by atoms with E-state index in [2.05, 4.69) is 10.3 Å². The molecule has 0 unspecified atom stereocenters. The Balaban J connectivity index is 2.03. The lowest BCUT2D eigenvalue weighted by Gasteiger charge is -2.07. The van der Waals surface area contributed by atoms with Crippen LogP contribution in [0.4, 0.5) is 5.69 Å². The van der Waals surface area contributed by atoms with Gasteiger partial charge in [-0.25, -0.2) is 0 Å². The molecule has 4 nitrogen and oxygen atoms in total. The molecule has 0 saturated carbocycles. The highest BCUT2D eigenvalue weighted by atomic mass is 16.3. The zero-order valence-electron chi connectivity index (χ0n) is 10.1. The van der Waals surface area contributed by atoms with Crippen molar-refractivity contribution in [2.45, 2.75) is 13.3 Å². The first-order valence-electron chi connectivity index (χ1n) is 5.64. The van der Waals surface area contributed by atoms with Gasteiger partial charge in [0.2, 0.25) is 5.91 Å². The Hall–Kier alpha value is -2.36. The number of carbonyl (C=O) groups excluding carboxylic acids is 1. The van der Waals surface area contributed by atoms with Crippen molar-refractivity contribution in [2.75, 3.05) is 5.32 Å². The number of phenols is 1.